The topological polar surface area (TPSA) is 26.3 Å². The highest BCUT2D eigenvalue weighted by Crippen LogP contribution is 2.29. The van der Waals surface area contributed by atoms with Gasteiger partial charge in [0.1, 0.15) is 0 Å². The molecule has 0 saturated carbocycles. The van der Waals surface area contributed by atoms with Gasteiger partial charge in [-0.1, -0.05) is 23.2 Å². The van der Waals surface area contributed by atoms with Crippen LogP contribution in [-0.2, 0) is 4.74 Å². The molecule has 2 nitrogen and oxygen atoms in total. The van der Waals surface area contributed by atoms with Crippen molar-refractivity contribution in [3.63, 3.8) is 0 Å². The molecule has 0 N–H and O–H groups in total. The van der Waals surface area contributed by atoms with E-state index in [9.17, 15) is 4.79 Å². The van der Waals surface area contributed by atoms with Crippen LogP contribution in [0.3, 0.4) is 0 Å². The molecule has 17 heavy (non-hydrogen) atoms. The van der Waals surface area contributed by atoms with E-state index in [1.54, 1.807) is 30.0 Å². The zero-order valence-corrected chi connectivity index (χ0v) is 11.6. The quantitative estimate of drug-likeness (QED) is 0.791. The molecule has 2 rings (SSSR count). The first-order chi connectivity index (χ1) is 8.08. The van der Waals surface area contributed by atoms with Gasteiger partial charge in [-0.3, -0.25) is 4.79 Å². The van der Waals surface area contributed by atoms with E-state index in [1.807, 2.05) is 6.92 Å². The smallest absolute Gasteiger partial charge is 0.177 e. The molecule has 1 fully saturated rings. The van der Waals surface area contributed by atoms with Crippen LogP contribution in [0.4, 0.5) is 0 Å². The molecule has 5 heteroatoms. The highest BCUT2D eigenvalue weighted by atomic mass is 35.5. The monoisotopic (exact) mass is 290 g/mol. The van der Waals surface area contributed by atoms with Gasteiger partial charge in [-0.2, -0.15) is 0 Å². The first-order valence-electron chi connectivity index (χ1n) is 5.30. The lowest BCUT2D eigenvalue weighted by Crippen LogP contribution is -2.33. The summed E-state index contributed by atoms with van der Waals surface area (Å²) in [6.07, 6.45) is 0. The number of rotatable bonds is 4. The van der Waals surface area contributed by atoms with Crippen molar-refractivity contribution in [1.29, 1.82) is 0 Å². The standard InChI is InChI=1S/C12H12Cl2O2S/c1-7(17-9-5-16-6-9)12(15)10-3-2-8(13)4-11(10)14/h2-4,7,9H,5-6H2,1H3. The van der Waals surface area contributed by atoms with E-state index in [4.69, 9.17) is 27.9 Å². The Bertz CT molecular complexity index is 433. The zero-order chi connectivity index (χ0) is 12.4. The van der Waals surface area contributed by atoms with Crippen LogP contribution in [0.1, 0.15) is 17.3 Å². The van der Waals surface area contributed by atoms with Gasteiger partial charge in [0.25, 0.3) is 0 Å². The fourth-order valence-corrected chi connectivity index (χ4v) is 3.23. The number of thioether (sulfide) groups is 1. The Morgan fingerprint density at radius 3 is 2.71 bits per heavy atom. The Balaban J connectivity index is 2.07. The fraction of sp³-hybridized carbons (Fsp3) is 0.417. The van der Waals surface area contributed by atoms with Gasteiger partial charge in [0.2, 0.25) is 0 Å². The third-order valence-electron chi connectivity index (χ3n) is 2.57. The van der Waals surface area contributed by atoms with E-state index in [2.05, 4.69) is 0 Å². The van der Waals surface area contributed by atoms with Crippen LogP contribution in [-0.4, -0.2) is 29.5 Å². The Hall–Kier alpha value is -0.220. The maximum Gasteiger partial charge on any atom is 0.177 e. The van der Waals surface area contributed by atoms with E-state index < -0.39 is 0 Å². The number of ketones is 1. The molecule has 0 bridgehead atoms. The van der Waals surface area contributed by atoms with Crippen LogP contribution in [0.5, 0.6) is 0 Å². The molecule has 1 aromatic carbocycles. The first kappa shape index (κ1) is 13.2. The lowest BCUT2D eigenvalue weighted by atomic mass is 10.1. The minimum absolute atomic E-state index is 0.0450. The summed E-state index contributed by atoms with van der Waals surface area (Å²) >= 11 is 13.4. The number of hydrogen-bond acceptors (Lipinski definition) is 3. The summed E-state index contributed by atoms with van der Waals surface area (Å²) in [4.78, 5) is 12.2. The van der Waals surface area contributed by atoms with Crippen molar-refractivity contribution in [2.24, 2.45) is 0 Å². The van der Waals surface area contributed by atoms with E-state index >= 15 is 0 Å². The highest BCUT2D eigenvalue weighted by molar-refractivity contribution is 8.01. The van der Waals surface area contributed by atoms with Gasteiger partial charge in [0, 0.05) is 10.6 Å². The van der Waals surface area contributed by atoms with Gasteiger partial charge in [-0.25, -0.2) is 0 Å². The van der Waals surface area contributed by atoms with Gasteiger partial charge >= 0.3 is 0 Å². The van der Waals surface area contributed by atoms with Crippen molar-refractivity contribution in [3.05, 3.63) is 33.8 Å². The summed E-state index contributed by atoms with van der Waals surface area (Å²) in [5.41, 5.74) is 0.538. The Morgan fingerprint density at radius 2 is 2.18 bits per heavy atom. The highest BCUT2D eigenvalue weighted by Gasteiger charge is 2.26. The van der Waals surface area contributed by atoms with Gasteiger partial charge in [-0.05, 0) is 25.1 Å². The number of hydrogen-bond donors (Lipinski definition) is 0. The molecule has 0 aliphatic carbocycles. The summed E-state index contributed by atoms with van der Waals surface area (Å²) < 4.78 is 5.09. The first-order valence-corrected chi connectivity index (χ1v) is 7.00. The number of ether oxygens (including phenoxy) is 1. The summed E-state index contributed by atoms with van der Waals surface area (Å²) in [6.45, 7) is 3.36. The van der Waals surface area contributed by atoms with Crippen molar-refractivity contribution in [2.75, 3.05) is 13.2 Å². The van der Waals surface area contributed by atoms with Gasteiger partial charge < -0.3 is 4.74 Å². The molecule has 1 heterocycles. The lowest BCUT2D eigenvalue weighted by Gasteiger charge is -2.27. The van der Waals surface area contributed by atoms with E-state index in [1.165, 1.54) is 0 Å². The van der Waals surface area contributed by atoms with Crippen LogP contribution in [0.15, 0.2) is 18.2 Å². The number of halogens is 2. The van der Waals surface area contributed by atoms with Crippen LogP contribution in [0.25, 0.3) is 0 Å². The third-order valence-corrected chi connectivity index (χ3v) is 4.40. The minimum atomic E-state index is -0.109. The van der Waals surface area contributed by atoms with Crippen molar-refractivity contribution in [1.82, 2.24) is 0 Å². The van der Waals surface area contributed by atoms with E-state index in [-0.39, 0.29) is 11.0 Å². The SMILES string of the molecule is CC(SC1COC1)C(=O)c1ccc(Cl)cc1Cl. The molecule has 0 aromatic heterocycles. The molecule has 1 aliphatic rings. The van der Waals surface area contributed by atoms with Gasteiger partial charge in [0.05, 0.1) is 28.7 Å². The molecule has 0 amide bonds. The maximum atomic E-state index is 12.2. The normalized spacial score (nSPS) is 17.6. The second-order valence-corrected chi connectivity index (χ2v) is 6.42. The number of carbonyl (C=O) groups excluding carboxylic acids is 1. The largest absolute Gasteiger partial charge is 0.379 e. The molecule has 1 atom stereocenters. The second kappa shape index (κ2) is 5.61. The number of Topliss-reactive ketones (excluding diaryl/α,β-unsaturated/α-hetero) is 1. The summed E-state index contributed by atoms with van der Waals surface area (Å²) in [7, 11) is 0. The Kier molecular flexibility index (Phi) is 4.36. The third kappa shape index (κ3) is 3.16. The molecular weight excluding hydrogens is 279 g/mol. The van der Waals surface area contributed by atoms with Crippen molar-refractivity contribution < 1.29 is 9.53 Å². The van der Waals surface area contributed by atoms with Gasteiger partial charge in [-0.15, -0.1) is 11.8 Å². The van der Waals surface area contributed by atoms with Crippen molar-refractivity contribution >= 4 is 40.7 Å². The van der Waals surface area contributed by atoms with Crippen LogP contribution >= 0.6 is 35.0 Å². The van der Waals surface area contributed by atoms with E-state index in [0.29, 0.717) is 20.9 Å². The molecule has 1 saturated heterocycles. The molecule has 1 aromatic rings. The van der Waals surface area contributed by atoms with E-state index in [0.717, 1.165) is 13.2 Å². The molecule has 0 radical (unpaired) electrons. The average molecular weight is 291 g/mol. The maximum absolute atomic E-state index is 12.2. The van der Waals surface area contributed by atoms with Crippen LogP contribution in [0.2, 0.25) is 10.0 Å². The van der Waals surface area contributed by atoms with Crippen molar-refractivity contribution in [3.8, 4) is 0 Å². The average Bonchev–Trinajstić information content (AvgIpc) is 2.22. The fourth-order valence-electron chi connectivity index (χ4n) is 1.55. The minimum Gasteiger partial charge on any atom is -0.379 e. The summed E-state index contributed by atoms with van der Waals surface area (Å²) in [5.74, 6) is 0.0450. The molecule has 1 unspecified atom stereocenters. The Morgan fingerprint density at radius 1 is 1.47 bits per heavy atom. The molecule has 0 spiro atoms. The molecule has 1 aliphatic heterocycles. The van der Waals surface area contributed by atoms with Crippen LogP contribution < -0.4 is 0 Å². The molecular formula is C12H12Cl2O2S. The lowest BCUT2D eigenvalue weighted by molar-refractivity contribution is 0.0453. The Labute approximate surface area is 115 Å². The number of carbonyl (C=O) groups is 1. The van der Waals surface area contributed by atoms with Crippen LogP contribution in [0, 0.1) is 0 Å². The van der Waals surface area contributed by atoms with Crippen molar-refractivity contribution in [2.45, 2.75) is 17.4 Å². The second-order valence-electron chi connectivity index (χ2n) is 3.93. The number of benzene rings is 1. The molecule has 92 valence electrons. The van der Waals surface area contributed by atoms with Gasteiger partial charge in [0.15, 0.2) is 5.78 Å². The zero-order valence-electron chi connectivity index (χ0n) is 9.28. The summed E-state index contributed by atoms with van der Waals surface area (Å²) in [5, 5.41) is 1.28. The predicted octanol–water partition coefficient (Wildman–Crippen LogP) is 3.70. The summed E-state index contributed by atoms with van der Waals surface area (Å²) in [6, 6.07) is 4.96. The predicted molar refractivity (Wildman–Crippen MR) is 72.5 cm³/mol.